The number of benzene rings is 1. The van der Waals surface area contributed by atoms with Crippen LogP contribution in [-0.2, 0) is 6.54 Å². The number of halogens is 1. The Morgan fingerprint density at radius 1 is 1.32 bits per heavy atom. The summed E-state index contributed by atoms with van der Waals surface area (Å²) in [5.74, 6) is 0. The molecule has 0 aliphatic heterocycles. The van der Waals surface area contributed by atoms with Crippen molar-refractivity contribution < 1.29 is 0 Å². The van der Waals surface area contributed by atoms with E-state index in [9.17, 15) is 0 Å². The van der Waals surface area contributed by atoms with Gasteiger partial charge < -0.3 is 5.73 Å². The van der Waals surface area contributed by atoms with Crippen molar-refractivity contribution in [2.24, 2.45) is 5.73 Å². The number of nitrogens with two attached hydrogens (primary N) is 1. The van der Waals surface area contributed by atoms with Crippen molar-refractivity contribution in [2.75, 3.05) is 13.1 Å². The zero-order valence-electron chi connectivity index (χ0n) is 11.1. The molecule has 0 fully saturated rings. The van der Waals surface area contributed by atoms with Crippen LogP contribution in [0.15, 0.2) is 41.8 Å². The molecule has 0 aliphatic rings. The third-order valence-corrected chi connectivity index (χ3v) is 4.37. The maximum Gasteiger partial charge on any atom is 0.0931 e. The minimum Gasteiger partial charge on any atom is -0.329 e. The minimum absolute atomic E-state index is 0.326. The maximum atomic E-state index is 6.02. The summed E-state index contributed by atoms with van der Waals surface area (Å²) in [6, 6.07) is 12.9. The summed E-state index contributed by atoms with van der Waals surface area (Å²) < 4.78 is 0.842. The first-order valence-corrected chi connectivity index (χ1v) is 7.68. The lowest BCUT2D eigenvalue weighted by Gasteiger charge is -2.28. The molecule has 0 saturated heterocycles. The molecule has 2 N–H and O–H groups in total. The van der Waals surface area contributed by atoms with Gasteiger partial charge in [-0.25, -0.2) is 0 Å². The molecular weight excluding hydrogens is 276 g/mol. The second-order valence-corrected chi connectivity index (χ2v) is 6.15. The van der Waals surface area contributed by atoms with Gasteiger partial charge in [-0.1, -0.05) is 41.9 Å². The first kappa shape index (κ1) is 14.5. The number of hydrogen-bond donors (Lipinski definition) is 1. The normalized spacial score (nSPS) is 12.8. The van der Waals surface area contributed by atoms with Crippen LogP contribution in [0.3, 0.4) is 0 Å². The average molecular weight is 295 g/mol. The lowest BCUT2D eigenvalue weighted by Crippen LogP contribution is -2.31. The van der Waals surface area contributed by atoms with Gasteiger partial charge in [0.25, 0.3) is 0 Å². The first-order chi connectivity index (χ1) is 9.20. The summed E-state index contributed by atoms with van der Waals surface area (Å²) in [4.78, 5) is 2.38. The predicted molar refractivity (Wildman–Crippen MR) is 83.7 cm³/mol. The van der Waals surface area contributed by atoms with Gasteiger partial charge in [0.1, 0.15) is 0 Å². The molecule has 1 aromatic carbocycles. The second-order valence-electron chi connectivity index (χ2n) is 4.60. The van der Waals surface area contributed by atoms with E-state index in [0.29, 0.717) is 12.6 Å². The Kier molecular flexibility index (Phi) is 5.40. The van der Waals surface area contributed by atoms with Crippen molar-refractivity contribution >= 4 is 22.9 Å². The fourth-order valence-electron chi connectivity index (χ4n) is 2.15. The summed E-state index contributed by atoms with van der Waals surface area (Å²) in [6.07, 6.45) is 0. The van der Waals surface area contributed by atoms with E-state index in [1.807, 2.05) is 12.1 Å². The fourth-order valence-corrected chi connectivity index (χ4v) is 3.12. The van der Waals surface area contributed by atoms with Crippen LogP contribution in [0.5, 0.6) is 0 Å². The SMILES string of the molecule is CC(c1csc(Cl)c1)N(CCN)Cc1ccccc1. The van der Waals surface area contributed by atoms with Gasteiger partial charge in [0.15, 0.2) is 0 Å². The highest BCUT2D eigenvalue weighted by atomic mass is 35.5. The molecule has 2 rings (SSSR count). The molecule has 2 nitrogen and oxygen atoms in total. The molecule has 102 valence electrons. The van der Waals surface area contributed by atoms with Crippen LogP contribution < -0.4 is 5.73 Å². The molecule has 1 atom stereocenters. The van der Waals surface area contributed by atoms with E-state index < -0.39 is 0 Å². The van der Waals surface area contributed by atoms with Crippen molar-refractivity contribution in [2.45, 2.75) is 19.5 Å². The zero-order chi connectivity index (χ0) is 13.7. The highest BCUT2D eigenvalue weighted by Gasteiger charge is 2.16. The van der Waals surface area contributed by atoms with E-state index in [2.05, 4.69) is 41.5 Å². The topological polar surface area (TPSA) is 29.3 Å². The molecule has 2 aromatic rings. The van der Waals surface area contributed by atoms with Gasteiger partial charge in [0, 0.05) is 25.7 Å². The van der Waals surface area contributed by atoms with Crippen LogP contribution in [0.1, 0.15) is 24.1 Å². The van der Waals surface area contributed by atoms with Crippen LogP contribution in [0.2, 0.25) is 4.34 Å². The van der Waals surface area contributed by atoms with Gasteiger partial charge >= 0.3 is 0 Å². The lowest BCUT2D eigenvalue weighted by molar-refractivity contribution is 0.208. The molecule has 1 aromatic heterocycles. The quantitative estimate of drug-likeness (QED) is 0.875. The molecule has 0 spiro atoms. The molecule has 1 heterocycles. The Morgan fingerprint density at radius 3 is 2.63 bits per heavy atom. The van der Waals surface area contributed by atoms with Gasteiger partial charge in [0.2, 0.25) is 0 Å². The van der Waals surface area contributed by atoms with Crippen molar-refractivity contribution in [3.63, 3.8) is 0 Å². The first-order valence-electron chi connectivity index (χ1n) is 6.42. The number of rotatable bonds is 6. The van der Waals surface area contributed by atoms with Crippen LogP contribution in [0.4, 0.5) is 0 Å². The van der Waals surface area contributed by atoms with Crippen LogP contribution in [0, 0.1) is 0 Å². The Morgan fingerprint density at radius 2 is 2.05 bits per heavy atom. The zero-order valence-corrected chi connectivity index (χ0v) is 12.6. The van der Waals surface area contributed by atoms with Gasteiger partial charge in [0.05, 0.1) is 4.34 Å². The summed E-state index contributed by atoms with van der Waals surface area (Å²) in [6.45, 7) is 4.65. The van der Waals surface area contributed by atoms with E-state index in [1.165, 1.54) is 11.1 Å². The standard InChI is InChI=1S/C15H19ClN2S/c1-12(14-9-15(16)19-11-14)18(8-7-17)10-13-5-3-2-4-6-13/h2-6,9,11-12H,7-8,10,17H2,1H3. The molecular formula is C15H19ClN2S. The van der Waals surface area contributed by atoms with Gasteiger partial charge in [-0.2, -0.15) is 0 Å². The van der Waals surface area contributed by atoms with Gasteiger partial charge in [-0.05, 0) is 29.5 Å². The molecule has 0 amide bonds. The summed E-state index contributed by atoms with van der Waals surface area (Å²) in [5.41, 5.74) is 8.31. The largest absolute Gasteiger partial charge is 0.329 e. The molecule has 0 aliphatic carbocycles. The third-order valence-electron chi connectivity index (χ3n) is 3.26. The van der Waals surface area contributed by atoms with Crippen LogP contribution in [-0.4, -0.2) is 18.0 Å². The molecule has 4 heteroatoms. The Hall–Kier alpha value is -0.870. The molecule has 0 bridgehead atoms. The third kappa shape index (κ3) is 4.05. The number of hydrogen-bond acceptors (Lipinski definition) is 3. The monoisotopic (exact) mass is 294 g/mol. The molecule has 0 radical (unpaired) electrons. The molecule has 19 heavy (non-hydrogen) atoms. The number of nitrogens with zero attached hydrogens (tertiary/aromatic N) is 1. The Labute approximate surface area is 123 Å². The van der Waals surface area contributed by atoms with Crippen molar-refractivity contribution in [3.05, 3.63) is 57.2 Å². The van der Waals surface area contributed by atoms with E-state index in [-0.39, 0.29) is 0 Å². The summed E-state index contributed by atoms with van der Waals surface area (Å²) in [7, 11) is 0. The van der Waals surface area contributed by atoms with Gasteiger partial charge in [-0.3, -0.25) is 4.90 Å². The highest BCUT2D eigenvalue weighted by molar-refractivity contribution is 7.14. The fraction of sp³-hybridized carbons (Fsp3) is 0.333. The Balaban J connectivity index is 2.11. The molecule has 1 unspecified atom stereocenters. The number of thiophene rings is 1. The van der Waals surface area contributed by atoms with Gasteiger partial charge in [-0.15, -0.1) is 11.3 Å². The van der Waals surface area contributed by atoms with E-state index in [1.54, 1.807) is 11.3 Å². The predicted octanol–water partition coefficient (Wildman–Crippen LogP) is 3.92. The van der Waals surface area contributed by atoms with Crippen molar-refractivity contribution in [3.8, 4) is 0 Å². The summed E-state index contributed by atoms with van der Waals surface area (Å²) >= 11 is 7.60. The van der Waals surface area contributed by atoms with E-state index in [4.69, 9.17) is 17.3 Å². The molecule has 0 saturated carbocycles. The Bertz CT molecular complexity index is 498. The van der Waals surface area contributed by atoms with Crippen LogP contribution >= 0.6 is 22.9 Å². The van der Waals surface area contributed by atoms with Crippen molar-refractivity contribution in [1.29, 1.82) is 0 Å². The van der Waals surface area contributed by atoms with Crippen molar-refractivity contribution in [1.82, 2.24) is 4.90 Å². The summed E-state index contributed by atoms with van der Waals surface area (Å²) in [5, 5.41) is 2.13. The smallest absolute Gasteiger partial charge is 0.0931 e. The average Bonchev–Trinajstić information content (AvgIpc) is 2.85. The van der Waals surface area contributed by atoms with Crippen LogP contribution in [0.25, 0.3) is 0 Å². The lowest BCUT2D eigenvalue weighted by atomic mass is 10.1. The van der Waals surface area contributed by atoms with E-state index in [0.717, 1.165) is 17.4 Å². The highest BCUT2D eigenvalue weighted by Crippen LogP contribution is 2.28. The minimum atomic E-state index is 0.326. The maximum absolute atomic E-state index is 6.02. The van der Waals surface area contributed by atoms with E-state index >= 15 is 0 Å². The second kappa shape index (κ2) is 7.06.